The van der Waals surface area contributed by atoms with Gasteiger partial charge in [0.05, 0.1) is 11.8 Å². The van der Waals surface area contributed by atoms with Crippen LogP contribution in [0.5, 0.6) is 0 Å². The average molecular weight is 330 g/mol. The van der Waals surface area contributed by atoms with Gasteiger partial charge in [-0.25, -0.2) is 4.79 Å². The van der Waals surface area contributed by atoms with E-state index in [1.54, 1.807) is 23.3 Å². The molecule has 1 saturated heterocycles. The summed E-state index contributed by atoms with van der Waals surface area (Å²) in [5, 5.41) is 6.90. The third-order valence-corrected chi connectivity index (χ3v) is 4.02. The number of carbonyl (C=O) groups excluding carboxylic acids is 1. The number of nitrogens with one attached hydrogen (secondary N) is 1. The van der Waals surface area contributed by atoms with E-state index < -0.39 is 6.09 Å². The molecule has 128 valence electrons. The first-order valence-corrected chi connectivity index (χ1v) is 8.17. The van der Waals surface area contributed by atoms with Crippen molar-refractivity contribution in [1.82, 2.24) is 20.1 Å². The van der Waals surface area contributed by atoms with Crippen LogP contribution in [0.4, 0.5) is 4.79 Å². The molecule has 1 fully saturated rings. The Hall–Kier alpha value is -2.41. The second kappa shape index (κ2) is 7.92. The molecule has 0 saturated carbocycles. The van der Waals surface area contributed by atoms with Crippen molar-refractivity contribution in [3.63, 3.8) is 0 Å². The maximum atomic E-state index is 11.8. The quantitative estimate of drug-likeness (QED) is 0.910. The van der Waals surface area contributed by atoms with E-state index in [0.29, 0.717) is 13.2 Å². The van der Waals surface area contributed by atoms with E-state index in [4.69, 9.17) is 9.47 Å². The molecule has 3 heterocycles. The van der Waals surface area contributed by atoms with E-state index in [0.717, 1.165) is 42.7 Å². The van der Waals surface area contributed by atoms with Crippen molar-refractivity contribution < 1.29 is 14.3 Å². The first kappa shape index (κ1) is 16.4. The summed E-state index contributed by atoms with van der Waals surface area (Å²) >= 11 is 0. The normalized spacial score (nSPS) is 17.5. The number of aromatic nitrogens is 3. The molecule has 1 unspecified atom stereocenters. The number of aryl methyl sites for hydroxylation is 1. The zero-order valence-electron chi connectivity index (χ0n) is 13.8. The predicted molar refractivity (Wildman–Crippen MR) is 88.2 cm³/mol. The molecular weight excluding hydrogens is 308 g/mol. The lowest BCUT2D eigenvalue weighted by atomic mass is 10.1. The summed E-state index contributed by atoms with van der Waals surface area (Å²) < 4.78 is 12.5. The Bertz CT molecular complexity index is 680. The van der Waals surface area contributed by atoms with Crippen LogP contribution >= 0.6 is 0 Å². The number of carbonyl (C=O) groups is 1. The maximum Gasteiger partial charge on any atom is 0.407 e. The number of amides is 1. The highest BCUT2D eigenvalue weighted by molar-refractivity contribution is 5.67. The fourth-order valence-corrected chi connectivity index (χ4v) is 2.71. The molecular formula is C17H22N4O3. The standard InChI is InChI=1S/C17H22N4O3/c1-21-16(5-6-20-21)14-8-13(9-18-11-14)10-19-17(22)24-12-15-4-2-3-7-23-15/h5-6,8-9,11,15H,2-4,7,10,12H2,1H3,(H,19,22). The molecule has 0 radical (unpaired) electrons. The van der Waals surface area contributed by atoms with Gasteiger partial charge in [-0.05, 0) is 37.0 Å². The molecule has 1 atom stereocenters. The lowest BCUT2D eigenvalue weighted by Crippen LogP contribution is -2.30. The monoisotopic (exact) mass is 330 g/mol. The molecule has 0 spiro atoms. The number of hydrogen-bond acceptors (Lipinski definition) is 5. The third kappa shape index (κ3) is 4.32. The zero-order valence-corrected chi connectivity index (χ0v) is 13.8. The first-order valence-electron chi connectivity index (χ1n) is 8.17. The van der Waals surface area contributed by atoms with E-state index >= 15 is 0 Å². The van der Waals surface area contributed by atoms with Gasteiger partial charge in [-0.15, -0.1) is 0 Å². The molecule has 7 nitrogen and oxygen atoms in total. The Kier molecular flexibility index (Phi) is 5.43. The highest BCUT2D eigenvalue weighted by atomic mass is 16.6. The Labute approximate surface area is 141 Å². The number of pyridine rings is 1. The van der Waals surface area contributed by atoms with Crippen LogP contribution in [0.3, 0.4) is 0 Å². The molecule has 3 rings (SSSR count). The summed E-state index contributed by atoms with van der Waals surface area (Å²) in [4.78, 5) is 16.0. The van der Waals surface area contributed by atoms with E-state index in [1.807, 2.05) is 19.2 Å². The molecule has 1 N–H and O–H groups in total. The van der Waals surface area contributed by atoms with Gasteiger partial charge in [0.2, 0.25) is 0 Å². The van der Waals surface area contributed by atoms with Crippen molar-refractivity contribution in [2.75, 3.05) is 13.2 Å². The van der Waals surface area contributed by atoms with Gasteiger partial charge in [0, 0.05) is 44.4 Å². The van der Waals surface area contributed by atoms with Crippen molar-refractivity contribution in [3.05, 3.63) is 36.3 Å². The van der Waals surface area contributed by atoms with Crippen LogP contribution in [0.1, 0.15) is 24.8 Å². The van der Waals surface area contributed by atoms with Gasteiger partial charge in [-0.2, -0.15) is 5.10 Å². The average Bonchev–Trinajstić information content (AvgIpc) is 3.05. The minimum Gasteiger partial charge on any atom is -0.447 e. The predicted octanol–water partition coefficient (Wildman–Crippen LogP) is 2.28. The van der Waals surface area contributed by atoms with Crippen molar-refractivity contribution in [2.45, 2.75) is 31.9 Å². The first-order chi connectivity index (χ1) is 11.7. The van der Waals surface area contributed by atoms with Crippen LogP contribution in [-0.4, -0.2) is 40.2 Å². The van der Waals surface area contributed by atoms with Gasteiger partial charge in [-0.3, -0.25) is 9.67 Å². The Balaban J connectivity index is 1.49. The second-order valence-electron chi connectivity index (χ2n) is 5.86. The topological polar surface area (TPSA) is 78.3 Å². The van der Waals surface area contributed by atoms with E-state index in [9.17, 15) is 4.79 Å². The van der Waals surface area contributed by atoms with Crippen LogP contribution in [0.25, 0.3) is 11.3 Å². The molecule has 0 aromatic carbocycles. The summed E-state index contributed by atoms with van der Waals surface area (Å²) in [7, 11) is 1.88. The van der Waals surface area contributed by atoms with E-state index in [2.05, 4.69) is 15.4 Å². The van der Waals surface area contributed by atoms with Gasteiger partial charge in [-0.1, -0.05) is 0 Å². The fraction of sp³-hybridized carbons (Fsp3) is 0.471. The van der Waals surface area contributed by atoms with Crippen molar-refractivity contribution in [3.8, 4) is 11.3 Å². The van der Waals surface area contributed by atoms with Crippen LogP contribution in [-0.2, 0) is 23.1 Å². The van der Waals surface area contributed by atoms with Gasteiger partial charge in [0.25, 0.3) is 0 Å². The molecule has 0 bridgehead atoms. The number of alkyl carbamates (subject to hydrolysis) is 1. The van der Waals surface area contributed by atoms with Crippen LogP contribution in [0.2, 0.25) is 0 Å². The smallest absolute Gasteiger partial charge is 0.407 e. The second-order valence-corrected chi connectivity index (χ2v) is 5.86. The van der Waals surface area contributed by atoms with E-state index in [-0.39, 0.29) is 6.10 Å². The molecule has 1 aliphatic heterocycles. The Morgan fingerprint density at radius 3 is 3.12 bits per heavy atom. The van der Waals surface area contributed by atoms with Crippen LogP contribution in [0, 0.1) is 0 Å². The number of nitrogens with zero attached hydrogens (tertiary/aromatic N) is 3. The van der Waals surface area contributed by atoms with Gasteiger partial charge >= 0.3 is 6.09 Å². The van der Waals surface area contributed by atoms with Gasteiger partial charge in [0.1, 0.15) is 6.61 Å². The minimum absolute atomic E-state index is 0.0272. The largest absolute Gasteiger partial charge is 0.447 e. The summed E-state index contributed by atoms with van der Waals surface area (Å²) in [6.45, 7) is 1.42. The molecule has 1 amide bonds. The van der Waals surface area contributed by atoms with E-state index in [1.165, 1.54) is 0 Å². The number of hydrogen-bond donors (Lipinski definition) is 1. The zero-order chi connectivity index (χ0) is 16.8. The highest BCUT2D eigenvalue weighted by Crippen LogP contribution is 2.18. The summed E-state index contributed by atoms with van der Waals surface area (Å²) in [6.07, 6.45) is 8.00. The highest BCUT2D eigenvalue weighted by Gasteiger charge is 2.15. The summed E-state index contributed by atoms with van der Waals surface area (Å²) in [6, 6.07) is 3.90. The van der Waals surface area contributed by atoms with Gasteiger partial charge in [0.15, 0.2) is 0 Å². The number of ether oxygens (including phenoxy) is 2. The van der Waals surface area contributed by atoms with Crippen molar-refractivity contribution in [1.29, 1.82) is 0 Å². The fourth-order valence-electron chi connectivity index (χ4n) is 2.71. The maximum absolute atomic E-state index is 11.8. The lowest BCUT2D eigenvalue weighted by Gasteiger charge is -2.22. The summed E-state index contributed by atoms with van der Waals surface area (Å²) in [5.41, 5.74) is 2.83. The van der Waals surface area contributed by atoms with Crippen molar-refractivity contribution >= 4 is 6.09 Å². The molecule has 0 aliphatic carbocycles. The Morgan fingerprint density at radius 1 is 1.46 bits per heavy atom. The lowest BCUT2D eigenvalue weighted by molar-refractivity contribution is -0.0223. The Morgan fingerprint density at radius 2 is 2.38 bits per heavy atom. The molecule has 2 aromatic heterocycles. The SMILES string of the molecule is Cn1nccc1-c1cncc(CNC(=O)OCC2CCCCO2)c1. The number of rotatable bonds is 5. The van der Waals surface area contributed by atoms with Gasteiger partial charge < -0.3 is 14.8 Å². The molecule has 1 aliphatic rings. The minimum atomic E-state index is -0.435. The van der Waals surface area contributed by atoms with Crippen LogP contribution in [0.15, 0.2) is 30.7 Å². The molecule has 7 heteroatoms. The summed E-state index contributed by atoms with van der Waals surface area (Å²) in [5.74, 6) is 0. The molecule has 2 aromatic rings. The third-order valence-electron chi connectivity index (χ3n) is 4.02. The van der Waals surface area contributed by atoms with Crippen molar-refractivity contribution in [2.24, 2.45) is 7.05 Å². The van der Waals surface area contributed by atoms with Crippen LogP contribution < -0.4 is 5.32 Å². The molecule has 24 heavy (non-hydrogen) atoms.